The van der Waals surface area contributed by atoms with E-state index in [9.17, 15) is 17.6 Å². The summed E-state index contributed by atoms with van der Waals surface area (Å²) >= 11 is 0. The highest BCUT2D eigenvalue weighted by Crippen LogP contribution is 2.26. The predicted molar refractivity (Wildman–Crippen MR) is 57.5 cm³/mol. The molecule has 0 bridgehead atoms. The average molecular weight is 256 g/mol. The smallest absolute Gasteiger partial charge is 0.333 e. The number of hydrogen-bond acceptors (Lipinski definition) is 1. The molecule has 0 spiro atoms. The van der Waals surface area contributed by atoms with Gasteiger partial charge >= 0.3 is 6.18 Å². The summed E-state index contributed by atoms with van der Waals surface area (Å²) in [6.07, 6.45) is -4.41. The molecule has 2 rings (SSSR count). The SMILES string of the molecule is N#Cc1ccc2c(c1)cc(CF)n2CC(F)(F)F. The number of hydrogen-bond donors (Lipinski definition) is 0. The van der Waals surface area contributed by atoms with E-state index in [0.717, 1.165) is 4.57 Å². The van der Waals surface area contributed by atoms with Gasteiger partial charge in [-0.1, -0.05) is 0 Å². The number of fused-ring (bicyclic) bond motifs is 1. The summed E-state index contributed by atoms with van der Waals surface area (Å²) in [5.41, 5.74) is 0.563. The van der Waals surface area contributed by atoms with E-state index in [4.69, 9.17) is 5.26 Å². The lowest BCUT2D eigenvalue weighted by Gasteiger charge is -2.11. The summed E-state index contributed by atoms with van der Waals surface area (Å²) in [5.74, 6) is 0. The Morgan fingerprint density at radius 3 is 2.50 bits per heavy atom. The third-order valence-corrected chi connectivity index (χ3v) is 2.59. The molecule has 0 saturated heterocycles. The van der Waals surface area contributed by atoms with E-state index in [-0.39, 0.29) is 11.2 Å². The van der Waals surface area contributed by atoms with Crippen LogP contribution in [-0.2, 0) is 13.2 Å². The van der Waals surface area contributed by atoms with Gasteiger partial charge in [0.1, 0.15) is 13.2 Å². The summed E-state index contributed by atoms with van der Waals surface area (Å²) in [7, 11) is 0. The highest BCUT2D eigenvalue weighted by atomic mass is 19.4. The van der Waals surface area contributed by atoms with Crippen molar-refractivity contribution in [3.63, 3.8) is 0 Å². The van der Waals surface area contributed by atoms with Crippen LogP contribution < -0.4 is 0 Å². The van der Waals surface area contributed by atoms with Crippen molar-refractivity contribution in [3.05, 3.63) is 35.5 Å². The van der Waals surface area contributed by atoms with Crippen molar-refractivity contribution >= 4 is 10.9 Å². The zero-order valence-corrected chi connectivity index (χ0v) is 9.13. The first-order valence-electron chi connectivity index (χ1n) is 5.09. The van der Waals surface area contributed by atoms with Crippen LogP contribution in [0.15, 0.2) is 24.3 Å². The molecule has 94 valence electrons. The van der Waals surface area contributed by atoms with Crippen LogP contribution in [0.1, 0.15) is 11.3 Å². The average Bonchev–Trinajstić information content (AvgIpc) is 2.64. The lowest BCUT2D eigenvalue weighted by atomic mass is 10.2. The van der Waals surface area contributed by atoms with Crippen molar-refractivity contribution in [3.8, 4) is 6.07 Å². The van der Waals surface area contributed by atoms with Gasteiger partial charge in [-0.05, 0) is 24.3 Å². The summed E-state index contributed by atoms with van der Waals surface area (Å²) < 4.78 is 50.9. The van der Waals surface area contributed by atoms with E-state index in [1.54, 1.807) is 0 Å². The molecule has 2 aromatic rings. The molecule has 0 atom stereocenters. The van der Waals surface area contributed by atoms with Gasteiger partial charge in [-0.3, -0.25) is 0 Å². The van der Waals surface area contributed by atoms with E-state index in [0.29, 0.717) is 10.9 Å². The molecule has 18 heavy (non-hydrogen) atoms. The van der Waals surface area contributed by atoms with Gasteiger partial charge in [0, 0.05) is 10.9 Å². The summed E-state index contributed by atoms with van der Waals surface area (Å²) in [5, 5.41) is 9.14. The first-order chi connectivity index (χ1) is 8.44. The molecular formula is C12H8F4N2. The second kappa shape index (κ2) is 4.33. The summed E-state index contributed by atoms with van der Waals surface area (Å²) in [4.78, 5) is 0. The quantitative estimate of drug-likeness (QED) is 0.755. The van der Waals surface area contributed by atoms with Crippen molar-refractivity contribution in [2.24, 2.45) is 0 Å². The third kappa shape index (κ3) is 2.30. The number of benzene rings is 1. The molecule has 1 heterocycles. The zero-order valence-electron chi connectivity index (χ0n) is 9.13. The third-order valence-electron chi connectivity index (χ3n) is 2.59. The van der Waals surface area contributed by atoms with E-state index in [2.05, 4.69) is 0 Å². The first kappa shape index (κ1) is 12.4. The van der Waals surface area contributed by atoms with Gasteiger partial charge in [0.25, 0.3) is 0 Å². The normalized spacial score (nSPS) is 11.7. The van der Waals surface area contributed by atoms with E-state index < -0.39 is 19.4 Å². The number of nitriles is 1. The fourth-order valence-corrected chi connectivity index (χ4v) is 1.87. The topological polar surface area (TPSA) is 28.7 Å². The Balaban J connectivity index is 2.60. The second-order valence-electron chi connectivity index (χ2n) is 3.86. The fraction of sp³-hybridized carbons (Fsp3) is 0.250. The van der Waals surface area contributed by atoms with Gasteiger partial charge in [-0.15, -0.1) is 0 Å². The number of rotatable bonds is 2. The minimum atomic E-state index is -4.41. The lowest BCUT2D eigenvalue weighted by Crippen LogP contribution is -2.18. The Morgan fingerprint density at radius 1 is 1.22 bits per heavy atom. The summed E-state index contributed by atoms with van der Waals surface area (Å²) in [6, 6.07) is 7.49. The number of aromatic nitrogens is 1. The molecule has 0 aliphatic heterocycles. The highest BCUT2D eigenvalue weighted by Gasteiger charge is 2.29. The van der Waals surface area contributed by atoms with Crippen LogP contribution in [0.5, 0.6) is 0 Å². The second-order valence-corrected chi connectivity index (χ2v) is 3.86. The van der Waals surface area contributed by atoms with Gasteiger partial charge in [0.2, 0.25) is 0 Å². The molecule has 0 radical (unpaired) electrons. The van der Waals surface area contributed by atoms with Crippen LogP contribution in [0.3, 0.4) is 0 Å². The van der Waals surface area contributed by atoms with Gasteiger partial charge in [-0.25, -0.2) is 4.39 Å². The number of halogens is 4. The molecule has 0 N–H and O–H groups in total. The predicted octanol–water partition coefficient (Wildman–Crippen LogP) is 3.54. The Morgan fingerprint density at radius 2 is 1.94 bits per heavy atom. The van der Waals surface area contributed by atoms with Gasteiger partial charge in [0.05, 0.1) is 17.3 Å². The van der Waals surface area contributed by atoms with Crippen LogP contribution >= 0.6 is 0 Å². The Bertz CT molecular complexity index is 619. The first-order valence-corrected chi connectivity index (χ1v) is 5.09. The van der Waals surface area contributed by atoms with Crippen molar-refractivity contribution in [1.29, 1.82) is 5.26 Å². The number of alkyl halides is 4. The minimum Gasteiger partial charge on any atom is -0.333 e. The van der Waals surface area contributed by atoms with E-state index in [1.165, 1.54) is 24.3 Å². The molecule has 0 aliphatic rings. The minimum absolute atomic E-state index is 0.0441. The molecule has 1 aromatic heterocycles. The number of nitrogens with zero attached hydrogens (tertiary/aromatic N) is 2. The molecule has 6 heteroatoms. The van der Waals surface area contributed by atoms with Gasteiger partial charge in [-0.2, -0.15) is 18.4 Å². The van der Waals surface area contributed by atoms with Gasteiger partial charge in [0.15, 0.2) is 0 Å². The maximum atomic E-state index is 12.7. The van der Waals surface area contributed by atoms with Crippen LogP contribution in [-0.4, -0.2) is 10.7 Å². The molecule has 0 amide bonds. The van der Waals surface area contributed by atoms with Gasteiger partial charge < -0.3 is 4.57 Å². The molecule has 1 aromatic carbocycles. The Labute approximate surface area is 100 Å². The van der Waals surface area contributed by atoms with Crippen molar-refractivity contribution < 1.29 is 17.6 Å². The van der Waals surface area contributed by atoms with E-state index >= 15 is 0 Å². The lowest BCUT2D eigenvalue weighted by molar-refractivity contribution is -0.140. The van der Waals surface area contributed by atoms with E-state index in [1.807, 2.05) is 6.07 Å². The Hall–Kier alpha value is -2.03. The molecule has 0 unspecified atom stereocenters. The van der Waals surface area contributed by atoms with Crippen LogP contribution in [0.2, 0.25) is 0 Å². The maximum Gasteiger partial charge on any atom is 0.406 e. The molecule has 0 aliphatic carbocycles. The van der Waals surface area contributed by atoms with Crippen LogP contribution in [0.4, 0.5) is 17.6 Å². The zero-order chi connectivity index (χ0) is 13.3. The van der Waals surface area contributed by atoms with Crippen molar-refractivity contribution in [1.82, 2.24) is 4.57 Å². The fourth-order valence-electron chi connectivity index (χ4n) is 1.87. The largest absolute Gasteiger partial charge is 0.406 e. The van der Waals surface area contributed by atoms with Crippen molar-refractivity contribution in [2.75, 3.05) is 0 Å². The summed E-state index contributed by atoms with van der Waals surface area (Å²) in [6.45, 7) is -2.21. The Kier molecular flexibility index (Phi) is 2.99. The van der Waals surface area contributed by atoms with Crippen LogP contribution in [0.25, 0.3) is 10.9 Å². The standard InChI is InChI=1S/C12H8F4N2/c13-5-10-4-9-3-8(6-17)1-2-11(9)18(10)7-12(14,15)16/h1-4H,5,7H2. The monoisotopic (exact) mass is 256 g/mol. The molecule has 0 fully saturated rings. The molecule has 0 saturated carbocycles. The maximum absolute atomic E-state index is 12.7. The molecule has 2 nitrogen and oxygen atoms in total. The highest BCUT2D eigenvalue weighted by molar-refractivity contribution is 5.82. The molecular weight excluding hydrogens is 248 g/mol. The van der Waals surface area contributed by atoms with Crippen LogP contribution in [0, 0.1) is 11.3 Å². The van der Waals surface area contributed by atoms with Crippen molar-refractivity contribution in [2.45, 2.75) is 19.4 Å².